The molecule has 1 aliphatic rings. The van der Waals surface area contributed by atoms with Gasteiger partial charge in [-0.15, -0.1) is 0 Å². The van der Waals surface area contributed by atoms with Crippen LogP contribution in [0, 0.1) is 5.92 Å². The van der Waals surface area contributed by atoms with Gasteiger partial charge in [0.1, 0.15) is 0 Å². The van der Waals surface area contributed by atoms with Gasteiger partial charge >= 0.3 is 0 Å². The molecule has 0 saturated heterocycles. The molecule has 0 aromatic carbocycles. The number of nitrogens with one attached hydrogen (secondary N) is 1. The van der Waals surface area contributed by atoms with Gasteiger partial charge in [-0.3, -0.25) is 0 Å². The van der Waals surface area contributed by atoms with Gasteiger partial charge in [0.15, 0.2) is 0 Å². The van der Waals surface area contributed by atoms with Gasteiger partial charge in [0.25, 0.3) is 0 Å². The Morgan fingerprint density at radius 1 is 1.38 bits per heavy atom. The van der Waals surface area contributed by atoms with E-state index in [2.05, 4.69) is 12.2 Å². The molecular formula is C14H23NO. The number of hydrogen-bond donors (Lipinski definition) is 1. The van der Waals surface area contributed by atoms with Crippen LogP contribution in [0.4, 0.5) is 0 Å². The summed E-state index contributed by atoms with van der Waals surface area (Å²) in [7, 11) is 0. The lowest BCUT2D eigenvalue weighted by atomic mass is 9.87. The van der Waals surface area contributed by atoms with Gasteiger partial charge in [-0.05, 0) is 31.9 Å². The van der Waals surface area contributed by atoms with Crippen LogP contribution in [0.1, 0.15) is 57.1 Å². The zero-order valence-corrected chi connectivity index (χ0v) is 10.2. The van der Waals surface area contributed by atoms with Gasteiger partial charge in [-0.2, -0.15) is 0 Å². The average molecular weight is 221 g/mol. The van der Waals surface area contributed by atoms with Crippen LogP contribution in [0.2, 0.25) is 0 Å². The normalized spacial score (nSPS) is 19.8. The first-order chi connectivity index (χ1) is 7.86. The quantitative estimate of drug-likeness (QED) is 0.815. The number of furan rings is 1. The van der Waals surface area contributed by atoms with Crippen molar-refractivity contribution in [2.75, 3.05) is 6.54 Å². The minimum atomic E-state index is 0.419. The van der Waals surface area contributed by atoms with Crippen LogP contribution >= 0.6 is 0 Å². The Hall–Kier alpha value is -0.760. The Balaban J connectivity index is 1.63. The highest BCUT2D eigenvalue weighted by atomic mass is 16.3. The van der Waals surface area contributed by atoms with Crippen molar-refractivity contribution in [3.8, 4) is 0 Å². The minimum Gasteiger partial charge on any atom is -0.472 e. The summed E-state index contributed by atoms with van der Waals surface area (Å²) in [5.74, 6) is 0.970. The predicted octanol–water partition coefficient (Wildman–Crippen LogP) is 3.90. The molecule has 1 saturated carbocycles. The second-order valence-electron chi connectivity index (χ2n) is 5.03. The molecule has 2 nitrogen and oxygen atoms in total. The summed E-state index contributed by atoms with van der Waals surface area (Å²) in [4.78, 5) is 0. The molecule has 0 radical (unpaired) electrons. The largest absolute Gasteiger partial charge is 0.472 e. The molecule has 0 bridgehead atoms. The SMILES string of the molecule is CC(NCCC1CCCCC1)c1ccoc1. The van der Waals surface area contributed by atoms with Crippen molar-refractivity contribution in [1.29, 1.82) is 0 Å². The molecule has 1 aromatic rings. The van der Waals surface area contributed by atoms with E-state index in [0.29, 0.717) is 6.04 Å². The van der Waals surface area contributed by atoms with E-state index in [1.807, 2.05) is 12.3 Å². The Bertz CT molecular complexity index is 275. The molecule has 16 heavy (non-hydrogen) atoms. The third kappa shape index (κ3) is 3.38. The molecular weight excluding hydrogens is 198 g/mol. The van der Waals surface area contributed by atoms with Gasteiger partial charge < -0.3 is 9.73 Å². The third-order valence-corrected chi connectivity index (χ3v) is 3.77. The third-order valence-electron chi connectivity index (χ3n) is 3.77. The van der Waals surface area contributed by atoms with E-state index in [4.69, 9.17) is 4.42 Å². The molecule has 2 heteroatoms. The van der Waals surface area contributed by atoms with Gasteiger partial charge in [-0.25, -0.2) is 0 Å². The molecule has 1 fully saturated rings. The fourth-order valence-electron chi connectivity index (χ4n) is 2.62. The minimum absolute atomic E-state index is 0.419. The highest BCUT2D eigenvalue weighted by Gasteiger charge is 2.13. The lowest BCUT2D eigenvalue weighted by molar-refractivity contribution is 0.329. The first-order valence-corrected chi connectivity index (χ1v) is 6.62. The maximum absolute atomic E-state index is 5.09. The van der Waals surface area contributed by atoms with Crippen molar-refractivity contribution < 1.29 is 4.42 Å². The Morgan fingerprint density at radius 2 is 2.19 bits per heavy atom. The monoisotopic (exact) mass is 221 g/mol. The Morgan fingerprint density at radius 3 is 2.88 bits per heavy atom. The maximum Gasteiger partial charge on any atom is 0.0950 e. The number of rotatable bonds is 5. The summed E-state index contributed by atoms with van der Waals surface area (Å²) in [6, 6.07) is 2.46. The van der Waals surface area contributed by atoms with Crippen LogP contribution in [-0.4, -0.2) is 6.54 Å². The summed E-state index contributed by atoms with van der Waals surface area (Å²) in [6.07, 6.45) is 12.2. The molecule has 1 heterocycles. The standard InChI is InChI=1S/C14H23NO/c1-12(14-8-10-16-11-14)15-9-7-13-5-3-2-4-6-13/h8,10-13,15H,2-7,9H2,1H3. The topological polar surface area (TPSA) is 25.2 Å². The van der Waals surface area contributed by atoms with Crippen molar-refractivity contribution in [1.82, 2.24) is 5.32 Å². The first-order valence-electron chi connectivity index (χ1n) is 6.62. The van der Waals surface area contributed by atoms with Crippen molar-refractivity contribution in [2.45, 2.75) is 51.5 Å². The van der Waals surface area contributed by atoms with Crippen molar-refractivity contribution in [3.63, 3.8) is 0 Å². The molecule has 1 aliphatic carbocycles. The van der Waals surface area contributed by atoms with E-state index in [0.717, 1.165) is 12.5 Å². The summed E-state index contributed by atoms with van der Waals surface area (Å²) < 4.78 is 5.09. The van der Waals surface area contributed by atoms with Crippen LogP contribution in [0.5, 0.6) is 0 Å². The van der Waals surface area contributed by atoms with E-state index in [9.17, 15) is 0 Å². The molecule has 90 valence electrons. The molecule has 0 amide bonds. The van der Waals surface area contributed by atoms with Gasteiger partial charge in [0.05, 0.1) is 12.5 Å². The van der Waals surface area contributed by atoms with E-state index in [1.54, 1.807) is 6.26 Å². The first kappa shape index (κ1) is 11.7. The molecule has 2 rings (SSSR count). The molecule has 0 aliphatic heterocycles. The van der Waals surface area contributed by atoms with E-state index in [-0.39, 0.29) is 0 Å². The summed E-state index contributed by atoms with van der Waals surface area (Å²) in [6.45, 7) is 3.34. The summed E-state index contributed by atoms with van der Waals surface area (Å²) in [5.41, 5.74) is 1.25. The van der Waals surface area contributed by atoms with E-state index >= 15 is 0 Å². The fraction of sp³-hybridized carbons (Fsp3) is 0.714. The lowest BCUT2D eigenvalue weighted by Gasteiger charge is -2.22. The van der Waals surface area contributed by atoms with Crippen molar-refractivity contribution in [3.05, 3.63) is 24.2 Å². The van der Waals surface area contributed by atoms with Gasteiger partial charge in [-0.1, -0.05) is 32.1 Å². The predicted molar refractivity (Wildman–Crippen MR) is 66.3 cm³/mol. The van der Waals surface area contributed by atoms with Crippen LogP contribution in [0.15, 0.2) is 23.0 Å². The van der Waals surface area contributed by atoms with Gasteiger partial charge in [0.2, 0.25) is 0 Å². The highest BCUT2D eigenvalue weighted by molar-refractivity contribution is 5.09. The molecule has 1 N–H and O–H groups in total. The highest BCUT2D eigenvalue weighted by Crippen LogP contribution is 2.26. The number of hydrogen-bond acceptors (Lipinski definition) is 2. The molecule has 1 atom stereocenters. The molecule has 1 aromatic heterocycles. The summed E-state index contributed by atoms with van der Waals surface area (Å²) >= 11 is 0. The Labute approximate surface area is 98.4 Å². The second kappa shape index (κ2) is 6.09. The van der Waals surface area contributed by atoms with Gasteiger partial charge in [0, 0.05) is 11.6 Å². The maximum atomic E-state index is 5.09. The van der Waals surface area contributed by atoms with E-state index < -0.39 is 0 Å². The smallest absolute Gasteiger partial charge is 0.0950 e. The zero-order chi connectivity index (χ0) is 11.2. The zero-order valence-electron chi connectivity index (χ0n) is 10.2. The lowest BCUT2D eigenvalue weighted by Crippen LogP contribution is -2.22. The van der Waals surface area contributed by atoms with Crippen LogP contribution in [-0.2, 0) is 0 Å². The molecule has 0 spiro atoms. The van der Waals surface area contributed by atoms with Crippen LogP contribution in [0.3, 0.4) is 0 Å². The summed E-state index contributed by atoms with van der Waals surface area (Å²) in [5, 5.41) is 3.57. The van der Waals surface area contributed by atoms with Crippen LogP contribution in [0.25, 0.3) is 0 Å². The fourth-order valence-corrected chi connectivity index (χ4v) is 2.62. The average Bonchev–Trinajstić information content (AvgIpc) is 2.84. The molecule has 1 unspecified atom stereocenters. The van der Waals surface area contributed by atoms with Crippen LogP contribution < -0.4 is 5.32 Å². The van der Waals surface area contributed by atoms with Crippen molar-refractivity contribution in [2.24, 2.45) is 5.92 Å². The van der Waals surface area contributed by atoms with Crippen molar-refractivity contribution >= 4 is 0 Å². The van der Waals surface area contributed by atoms with E-state index in [1.165, 1.54) is 44.1 Å². The second-order valence-corrected chi connectivity index (χ2v) is 5.03. The Kier molecular flexibility index (Phi) is 4.46.